The van der Waals surface area contributed by atoms with Crippen LogP contribution in [-0.2, 0) is 6.54 Å². The molecule has 0 bridgehead atoms. The summed E-state index contributed by atoms with van der Waals surface area (Å²) in [6, 6.07) is 11.9. The van der Waals surface area contributed by atoms with E-state index < -0.39 is 11.6 Å². The molecule has 7 nitrogen and oxygen atoms in total. The number of nitrogens with zero attached hydrogens (tertiary/aromatic N) is 3. The van der Waals surface area contributed by atoms with Crippen molar-refractivity contribution in [3.05, 3.63) is 89.2 Å². The minimum atomic E-state index is -0.828. The van der Waals surface area contributed by atoms with Gasteiger partial charge in [0.1, 0.15) is 23.1 Å². The fraction of sp³-hybridized carbons (Fsp3) is 0.0500. The smallest absolute Gasteiger partial charge is 0.198 e. The first-order valence-electron chi connectivity index (χ1n) is 8.69. The Bertz CT molecular complexity index is 1170. The van der Waals surface area contributed by atoms with Crippen molar-refractivity contribution in [2.24, 2.45) is 0 Å². The lowest BCUT2D eigenvalue weighted by Crippen LogP contribution is -2.09. The number of rotatable bonds is 6. The molecule has 4 rings (SSSR count). The quantitative estimate of drug-likeness (QED) is 0.436. The second-order valence-electron chi connectivity index (χ2n) is 6.30. The number of nitrogens with one attached hydrogen (secondary N) is 2. The summed E-state index contributed by atoms with van der Waals surface area (Å²) in [6.07, 6.45) is 2.91. The number of halogens is 2. The molecule has 0 atom stereocenters. The number of aromatic amines is 1. The van der Waals surface area contributed by atoms with E-state index in [2.05, 4.69) is 20.6 Å². The van der Waals surface area contributed by atoms with Gasteiger partial charge in [-0.15, -0.1) is 0 Å². The lowest BCUT2D eigenvalue weighted by atomic mass is 10.0. The third kappa shape index (κ3) is 3.70. The third-order valence-corrected chi connectivity index (χ3v) is 4.36. The van der Waals surface area contributed by atoms with E-state index >= 15 is 0 Å². The van der Waals surface area contributed by atoms with Crippen LogP contribution in [0.2, 0.25) is 0 Å². The number of nitrogen functional groups attached to an aromatic ring is 1. The van der Waals surface area contributed by atoms with Crippen LogP contribution in [0.5, 0.6) is 0 Å². The highest BCUT2D eigenvalue weighted by Crippen LogP contribution is 2.23. The van der Waals surface area contributed by atoms with Gasteiger partial charge in [-0.05, 0) is 29.8 Å². The van der Waals surface area contributed by atoms with Crippen LogP contribution in [0, 0.1) is 11.6 Å². The zero-order valence-corrected chi connectivity index (χ0v) is 15.1. The van der Waals surface area contributed by atoms with E-state index in [1.54, 1.807) is 30.5 Å². The molecule has 9 heteroatoms. The van der Waals surface area contributed by atoms with Gasteiger partial charge in [0.2, 0.25) is 0 Å². The number of carbonyl (C=O) groups is 1. The van der Waals surface area contributed by atoms with Gasteiger partial charge in [0.05, 0.1) is 18.0 Å². The Morgan fingerprint density at radius 2 is 2.03 bits per heavy atom. The second-order valence-corrected chi connectivity index (χ2v) is 6.30. The van der Waals surface area contributed by atoms with Crippen molar-refractivity contribution in [2.75, 3.05) is 11.1 Å². The maximum atomic E-state index is 14.0. The van der Waals surface area contributed by atoms with Gasteiger partial charge in [-0.3, -0.25) is 9.89 Å². The predicted molar refractivity (Wildman–Crippen MR) is 104 cm³/mol. The normalized spacial score (nSPS) is 10.8. The SMILES string of the molecule is Nc1c(C(=O)c2cccc(CNc3ccn[nH]3)c2)cnn1-c1ccc(F)cc1F. The highest BCUT2D eigenvalue weighted by Gasteiger charge is 2.19. The molecular weight excluding hydrogens is 378 g/mol. The molecule has 2 aromatic carbocycles. The van der Waals surface area contributed by atoms with E-state index in [-0.39, 0.29) is 22.9 Å². The Balaban J connectivity index is 1.58. The van der Waals surface area contributed by atoms with Crippen LogP contribution in [0.3, 0.4) is 0 Å². The number of aromatic nitrogens is 4. The average molecular weight is 394 g/mol. The molecule has 4 N–H and O–H groups in total. The van der Waals surface area contributed by atoms with Gasteiger partial charge in [0, 0.05) is 18.2 Å². The van der Waals surface area contributed by atoms with Gasteiger partial charge in [-0.25, -0.2) is 13.5 Å². The summed E-state index contributed by atoms with van der Waals surface area (Å²) in [7, 11) is 0. The standard InChI is InChI=1S/C20H16F2N6O/c21-14-4-5-17(16(22)9-14)28-20(23)15(11-26-28)19(29)13-3-1-2-12(8-13)10-24-18-6-7-25-27-18/h1-9,11H,10,23H2,(H2,24,25,27). The lowest BCUT2D eigenvalue weighted by Gasteiger charge is -2.08. The number of anilines is 2. The van der Waals surface area contributed by atoms with Gasteiger partial charge < -0.3 is 11.1 Å². The van der Waals surface area contributed by atoms with Crippen LogP contribution in [0.4, 0.5) is 20.4 Å². The van der Waals surface area contributed by atoms with E-state index in [4.69, 9.17) is 5.73 Å². The molecule has 0 amide bonds. The fourth-order valence-electron chi connectivity index (χ4n) is 2.91. The zero-order valence-electron chi connectivity index (χ0n) is 15.1. The first-order chi connectivity index (χ1) is 14.0. The van der Waals surface area contributed by atoms with Gasteiger partial charge in [0.25, 0.3) is 0 Å². The van der Waals surface area contributed by atoms with Gasteiger partial charge >= 0.3 is 0 Å². The lowest BCUT2D eigenvalue weighted by molar-refractivity contribution is 0.103. The van der Waals surface area contributed by atoms with E-state index in [1.807, 2.05) is 6.07 Å². The predicted octanol–water partition coefficient (Wildman–Crippen LogP) is 3.30. The molecule has 4 aromatic rings. The molecule has 0 aliphatic rings. The molecule has 0 saturated carbocycles. The summed E-state index contributed by atoms with van der Waals surface area (Å²) in [5.74, 6) is -1.16. The van der Waals surface area contributed by atoms with Gasteiger partial charge in [-0.2, -0.15) is 10.2 Å². The topological polar surface area (TPSA) is 102 Å². The van der Waals surface area contributed by atoms with Crippen molar-refractivity contribution in [2.45, 2.75) is 6.54 Å². The monoisotopic (exact) mass is 394 g/mol. The number of nitrogens with two attached hydrogens (primary N) is 1. The van der Waals surface area contributed by atoms with Crippen LogP contribution in [0.15, 0.2) is 60.9 Å². The van der Waals surface area contributed by atoms with E-state index in [9.17, 15) is 13.6 Å². The summed E-state index contributed by atoms with van der Waals surface area (Å²) in [5, 5.41) is 13.8. The third-order valence-electron chi connectivity index (χ3n) is 4.36. The summed E-state index contributed by atoms with van der Waals surface area (Å²) in [4.78, 5) is 12.9. The van der Waals surface area contributed by atoms with Crippen molar-refractivity contribution in [3.63, 3.8) is 0 Å². The number of benzene rings is 2. The van der Waals surface area contributed by atoms with Crippen LogP contribution in [-0.4, -0.2) is 25.8 Å². The van der Waals surface area contributed by atoms with Crippen LogP contribution < -0.4 is 11.1 Å². The number of carbonyl (C=O) groups excluding carboxylic acids is 1. The molecule has 2 heterocycles. The molecule has 146 valence electrons. The molecule has 0 spiro atoms. The van der Waals surface area contributed by atoms with Crippen molar-refractivity contribution in [1.82, 2.24) is 20.0 Å². The van der Waals surface area contributed by atoms with Crippen molar-refractivity contribution >= 4 is 17.4 Å². The van der Waals surface area contributed by atoms with Gasteiger partial charge in [-0.1, -0.05) is 18.2 Å². The first kappa shape index (κ1) is 18.4. The summed E-state index contributed by atoms with van der Waals surface area (Å²) >= 11 is 0. The van der Waals surface area contributed by atoms with E-state index in [1.165, 1.54) is 12.3 Å². The fourth-order valence-corrected chi connectivity index (χ4v) is 2.91. The largest absolute Gasteiger partial charge is 0.383 e. The number of hydrogen-bond donors (Lipinski definition) is 3. The Morgan fingerprint density at radius 1 is 1.17 bits per heavy atom. The number of H-pyrrole nitrogens is 1. The van der Waals surface area contributed by atoms with Gasteiger partial charge in [0.15, 0.2) is 11.6 Å². The molecule has 0 fully saturated rings. The molecule has 0 aliphatic carbocycles. The van der Waals surface area contributed by atoms with Crippen molar-refractivity contribution in [3.8, 4) is 5.69 Å². The highest BCUT2D eigenvalue weighted by molar-refractivity contribution is 6.11. The molecule has 0 aliphatic heterocycles. The second kappa shape index (κ2) is 7.55. The molecule has 0 radical (unpaired) electrons. The van der Waals surface area contributed by atoms with Crippen LogP contribution in [0.25, 0.3) is 5.69 Å². The van der Waals surface area contributed by atoms with Crippen LogP contribution in [0.1, 0.15) is 21.5 Å². The minimum Gasteiger partial charge on any atom is -0.383 e. The molecule has 0 unspecified atom stereocenters. The van der Waals surface area contributed by atoms with Crippen LogP contribution >= 0.6 is 0 Å². The molecule has 2 aromatic heterocycles. The summed E-state index contributed by atoms with van der Waals surface area (Å²) < 4.78 is 28.3. The van der Waals surface area contributed by atoms with E-state index in [0.29, 0.717) is 12.1 Å². The number of ketones is 1. The Hall–Kier alpha value is -4.01. The van der Waals surface area contributed by atoms with Crippen molar-refractivity contribution < 1.29 is 13.6 Å². The Morgan fingerprint density at radius 3 is 2.79 bits per heavy atom. The summed E-state index contributed by atoms with van der Waals surface area (Å²) in [6.45, 7) is 0.485. The minimum absolute atomic E-state index is 0.0264. The molecule has 0 saturated heterocycles. The Labute approximate surface area is 164 Å². The maximum Gasteiger partial charge on any atom is 0.198 e. The van der Waals surface area contributed by atoms with E-state index in [0.717, 1.165) is 28.2 Å². The summed E-state index contributed by atoms with van der Waals surface area (Å²) in [5.41, 5.74) is 7.42. The molecular formula is C20H16F2N6O. The average Bonchev–Trinajstić information content (AvgIpc) is 3.36. The molecule has 29 heavy (non-hydrogen) atoms. The highest BCUT2D eigenvalue weighted by atomic mass is 19.1. The zero-order chi connectivity index (χ0) is 20.4. The van der Waals surface area contributed by atoms with Crippen molar-refractivity contribution in [1.29, 1.82) is 0 Å². The Kier molecular flexibility index (Phi) is 4.78. The maximum absolute atomic E-state index is 14.0. The number of hydrogen-bond acceptors (Lipinski definition) is 5. The first-order valence-corrected chi connectivity index (χ1v) is 8.69.